The summed E-state index contributed by atoms with van der Waals surface area (Å²) in [6, 6.07) is 0.350. The summed E-state index contributed by atoms with van der Waals surface area (Å²) in [5.41, 5.74) is 0. The van der Waals surface area contributed by atoms with E-state index >= 15 is 0 Å². The smallest absolute Gasteiger partial charge is 0.0707 e. The molecule has 1 saturated carbocycles. The molecule has 0 aromatic heterocycles. The standard InChI is InChI=1S/C12H24N2O/c1-13-7-8-14(2)11(9-13)12(15)6-5-10-3-4-10/h10-12,15H,3-9H2,1-2H3. The Balaban J connectivity index is 1.77. The van der Waals surface area contributed by atoms with Crippen molar-refractivity contribution >= 4 is 0 Å². The van der Waals surface area contributed by atoms with Gasteiger partial charge in [-0.05, 0) is 32.9 Å². The van der Waals surface area contributed by atoms with E-state index in [1.165, 1.54) is 19.3 Å². The van der Waals surface area contributed by atoms with Crippen molar-refractivity contribution in [1.29, 1.82) is 0 Å². The number of likely N-dealkylation sites (N-methyl/N-ethyl adjacent to an activating group) is 2. The Morgan fingerprint density at radius 3 is 2.67 bits per heavy atom. The Kier molecular flexibility index (Phi) is 3.65. The minimum atomic E-state index is -0.127. The second kappa shape index (κ2) is 4.81. The van der Waals surface area contributed by atoms with Crippen LogP contribution in [0.15, 0.2) is 0 Å². The maximum absolute atomic E-state index is 10.2. The van der Waals surface area contributed by atoms with Crippen LogP contribution in [0.1, 0.15) is 25.7 Å². The van der Waals surface area contributed by atoms with Gasteiger partial charge in [-0.25, -0.2) is 0 Å². The molecule has 3 heteroatoms. The number of hydrogen-bond donors (Lipinski definition) is 1. The van der Waals surface area contributed by atoms with Crippen LogP contribution in [-0.4, -0.2) is 60.8 Å². The van der Waals surface area contributed by atoms with E-state index in [-0.39, 0.29) is 6.10 Å². The van der Waals surface area contributed by atoms with E-state index in [0.717, 1.165) is 32.0 Å². The highest BCUT2D eigenvalue weighted by atomic mass is 16.3. The molecule has 0 spiro atoms. The highest BCUT2D eigenvalue weighted by molar-refractivity contribution is 4.85. The summed E-state index contributed by atoms with van der Waals surface area (Å²) >= 11 is 0. The first kappa shape index (κ1) is 11.4. The zero-order chi connectivity index (χ0) is 10.8. The normalized spacial score (nSPS) is 31.8. The summed E-state index contributed by atoms with van der Waals surface area (Å²) in [6.45, 7) is 3.23. The number of hydrogen-bond acceptors (Lipinski definition) is 3. The molecule has 0 radical (unpaired) electrons. The van der Waals surface area contributed by atoms with Gasteiger partial charge >= 0.3 is 0 Å². The van der Waals surface area contributed by atoms with Crippen molar-refractivity contribution in [3.8, 4) is 0 Å². The van der Waals surface area contributed by atoms with Gasteiger partial charge in [-0.15, -0.1) is 0 Å². The molecule has 3 nitrogen and oxygen atoms in total. The molecule has 1 aliphatic carbocycles. The SMILES string of the molecule is CN1CCN(C)C(C(O)CCC2CC2)C1. The second-order valence-electron chi connectivity index (χ2n) is 5.40. The maximum Gasteiger partial charge on any atom is 0.0707 e. The summed E-state index contributed by atoms with van der Waals surface area (Å²) in [5.74, 6) is 0.936. The minimum Gasteiger partial charge on any atom is -0.391 e. The zero-order valence-corrected chi connectivity index (χ0v) is 10.0. The van der Waals surface area contributed by atoms with Gasteiger partial charge in [0, 0.05) is 25.7 Å². The average Bonchev–Trinajstić information content (AvgIpc) is 3.02. The van der Waals surface area contributed by atoms with Crippen molar-refractivity contribution in [1.82, 2.24) is 9.80 Å². The van der Waals surface area contributed by atoms with Gasteiger partial charge in [0.1, 0.15) is 0 Å². The maximum atomic E-state index is 10.2. The van der Waals surface area contributed by atoms with Crippen LogP contribution >= 0.6 is 0 Å². The Morgan fingerprint density at radius 1 is 1.27 bits per heavy atom. The van der Waals surface area contributed by atoms with Gasteiger partial charge in [0.2, 0.25) is 0 Å². The summed E-state index contributed by atoms with van der Waals surface area (Å²) in [7, 11) is 4.28. The molecule has 2 atom stereocenters. The molecule has 0 amide bonds. The first-order chi connectivity index (χ1) is 7.16. The molecule has 15 heavy (non-hydrogen) atoms. The number of rotatable bonds is 4. The van der Waals surface area contributed by atoms with E-state index in [1.54, 1.807) is 0 Å². The van der Waals surface area contributed by atoms with Crippen LogP contribution in [0.5, 0.6) is 0 Å². The third-order valence-corrected chi connectivity index (χ3v) is 3.91. The lowest BCUT2D eigenvalue weighted by Crippen LogP contribution is -2.55. The van der Waals surface area contributed by atoms with E-state index in [0.29, 0.717) is 6.04 Å². The molecule has 0 aromatic carbocycles. The lowest BCUT2D eigenvalue weighted by molar-refractivity contribution is 0.00936. The van der Waals surface area contributed by atoms with E-state index in [9.17, 15) is 5.11 Å². The molecule has 1 heterocycles. The van der Waals surface area contributed by atoms with Crippen LogP contribution in [0.2, 0.25) is 0 Å². The van der Waals surface area contributed by atoms with Crippen LogP contribution in [0, 0.1) is 5.92 Å². The minimum absolute atomic E-state index is 0.127. The quantitative estimate of drug-likeness (QED) is 0.746. The van der Waals surface area contributed by atoms with Crippen molar-refractivity contribution in [3.63, 3.8) is 0 Å². The molecule has 2 aliphatic rings. The fraction of sp³-hybridized carbons (Fsp3) is 1.00. The molecule has 2 fully saturated rings. The highest BCUT2D eigenvalue weighted by Crippen LogP contribution is 2.34. The van der Waals surface area contributed by atoms with Crippen molar-refractivity contribution in [2.75, 3.05) is 33.7 Å². The molecule has 2 rings (SSSR count). The number of aliphatic hydroxyl groups is 1. The molecular formula is C12H24N2O. The third kappa shape index (κ3) is 3.16. The zero-order valence-electron chi connectivity index (χ0n) is 10.0. The van der Waals surface area contributed by atoms with Crippen molar-refractivity contribution < 1.29 is 5.11 Å². The fourth-order valence-corrected chi connectivity index (χ4v) is 2.47. The van der Waals surface area contributed by atoms with Gasteiger partial charge in [0.25, 0.3) is 0 Å². The van der Waals surface area contributed by atoms with Crippen LogP contribution in [0.25, 0.3) is 0 Å². The Labute approximate surface area is 93.1 Å². The van der Waals surface area contributed by atoms with Gasteiger partial charge in [0.05, 0.1) is 6.10 Å². The lowest BCUT2D eigenvalue weighted by atomic mass is 10.0. The van der Waals surface area contributed by atoms with Crippen molar-refractivity contribution in [2.45, 2.75) is 37.8 Å². The Hall–Kier alpha value is -0.120. The topological polar surface area (TPSA) is 26.7 Å². The Bertz CT molecular complexity index is 206. The fourth-order valence-electron chi connectivity index (χ4n) is 2.47. The van der Waals surface area contributed by atoms with Crippen LogP contribution < -0.4 is 0 Å². The molecule has 2 unspecified atom stereocenters. The first-order valence-corrected chi connectivity index (χ1v) is 6.23. The van der Waals surface area contributed by atoms with E-state index in [1.807, 2.05) is 0 Å². The molecule has 0 aromatic rings. The number of aliphatic hydroxyl groups excluding tert-OH is 1. The van der Waals surface area contributed by atoms with Gasteiger partial charge in [-0.2, -0.15) is 0 Å². The third-order valence-electron chi connectivity index (χ3n) is 3.91. The summed E-state index contributed by atoms with van der Waals surface area (Å²) in [5, 5.41) is 10.2. The largest absolute Gasteiger partial charge is 0.391 e. The van der Waals surface area contributed by atoms with E-state index in [4.69, 9.17) is 0 Å². The van der Waals surface area contributed by atoms with Crippen LogP contribution in [0.4, 0.5) is 0 Å². The molecule has 88 valence electrons. The second-order valence-corrected chi connectivity index (χ2v) is 5.40. The van der Waals surface area contributed by atoms with Gasteiger partial charge < -0.3 is 10.0 Å². The van der Waals surface area contributed by atoms with Crippen molar-refractivity contribution in [3.05, 3.63) is 0 Å². The predicted molar refractivity (Wildman–Crippen MR) is 61.9 cm³/mol. The van der Waals surface area contributed by atoms with Gasteiger partial charge in [-0.3, -0.25) is 4.90 Å². The monoisotopic (exact) mass is 212 g/mol. The first-order valence-electron chi connectivity index (χ1n) is 6.23. The summed E-state index contributed by atoms with van der Waals surface area (Å²) in [4.78, 5) is 4.64. The van der Waals surface area contributed by atoms with E-state index in [2.05, 4.69) is 23.9 Å². The van der Waals surface area contributed by atoms with Gasteiger partial charge in [0.15, 0.2) is 0 Å². The van der Waals surface area contributed by atoms with Gasteiger partial charge in [-0.1, -0.05) is 12.8 Å². The molecule has 1 aliphatic heterocycles. The summed E-state index contributed by atoms with van der Waals surface area (Å²) < 4.78 is 0. The average molecular weight is 212 g/mol. The number of nitrogens with zero attached hydrogens (tertiary/aromatic N) is 2. The number of piperazine rings is 1. The van der Waals surface area contributed by atoms with E-state index < -0.39 is 0 Å². The molecular weight excluding hydrogens is 188 g/mol. The van der Waals surface area contributed by atoms with Crippen LogP contribution in [-0.2, 0) is 0 Å². The Morgan fingerprint density at radius 2 is 2.00 bits per heavy atom. The molecule has 1 saturated heterocycles. The lowest BCUT2D eigenvalue weighted by Gasteiger charge is -2.40. The summed E-state index contributed by atoms with van der Waals surface area (Å²) in [6.07, 6.45) is 4.89. The van der Waals surface area contributed by atoms with Crippen LogP contribution in [0.3, 0.4) is 0 Å². The van der Waals surface area contributed by atoms with Crippen molar-refractivity contribution in [2.24, 2.45) is 5.92 Å². The molecule has 0 bridgehead atoms. The highest BCUT2D eigenvalue weighted by Gasteiger charge is 2.30. The predicted octanol–water partition coefficient (Wildman–Crippen LogP) is 0.783. The molecule has 1 N–H and O–H groups in total.